The Hall–Kier alpha value is -4.93. The van der Waals surface area contributed by atoms with E-state index in [1.807, 2.05) is 31.2 Å². The number of benzene rings is 3. The van der Waals surface area contributed by atoms with Crippen molar-refractivity contribution in [2.45, 2.75) is 13.1 Å². The van der Waals surface area contributed by atoms with Gasteiger partial charge in [-0.1, -0.05) is 12.1 Å². The molecule has 2 N–H and O–H groups in total. The molecule has 0 atom stereocenters. The SMILES string of the molecule is COc1ccc(-n2ncc3c(Nc4cc(NC(=O)c5cccc(C(F)(F)F)c5)ccc4C)ncnc32)cc1. The minimum absolute atomic E-state index is 0.0987. The van der Waals surface area contributed by atoms with Gasteiger partial charge in [-0.2, -0.15) is 18.3 Å². The van der Waals surface area contributed by atoms with E-state index in [9.17, 15) is 18.0 Å². The van der Waals surface area contributed by atoms with E-state index in [4.69, 9.17) is 4.74 Å². The van der Waals surface area contributed by atoms with Crippen molar-refractivity contribution in [3.63, 3.8) is 0 Å². The molecule has 192 valence electrons. The first-order chi connectivity index (χ1) is 18.2. The van der Waals surface area contributed by atoms with E-state index in [2.05, 4.69) is 25.7 Å². The van der Waals surface area contributed by atoms with Crippen molar-refractivity contribution in [1.29, 1.82) is 0 Å². The Morgan fingerprint density at radius 1 is 1.00 bits per heavy atom. The van der Waals surface area contributed by atoms with Crippen molar-refractivity contribution in [2.75, 3.05) is 17.7 Å². The fraction of sp³-hybridized carbons (Fsp3) is 0.111. The number of aromatic nitrogens is 4. The number of amides is 1. The Bertz CT molecular complexity index is 1630. The number of rotatable bonds is 6. The van der Waals surface area contributed by atoms with Crippen molar-refractivity contribution < 1.29 is 22.7 Å². The zero-order valence-electron chi connectivity index (χ0n) is 20.2. The molecule has 11 heteroatoms. The molecule has 0 aliphatic heterocycles. The van der Waals surface area contributed by atoms with Crippen molar-refractivity contribution in [3.8, 4) is 11.4 Å². The van der Waals surface area contributed by atoms with Gasteiger partial charge in [-0.3, -0.25) is 4.79 Å². The molecule has 0 aliphatic carbocycles. The van der Waals surface area contributed by atoms with Gasteiger partial charge in [0.25, 0.3) is 5.91 Å². The maximum Gasteiger partial charge on any atom is 0.416 e. The zero-order valence-corrected chi connectivity index (χ0v) is 20.2. The number of nitrogens with one attached hydrogen (secondary N) is 2. The second kappa shape index (κ2) is 9.85. The number of nitrogens with zero attached hydrogens (tertiary/aromatic N) is 4. The second-order valence-corrected chi connectivity index (χ2v) is 8.40. The first-order valence-corrected chi connectivity index (χ1v) is 11.4. The normalized spacial score (nSPS) is 11.4. The molecular formula is C27H21F3N6O2. The number of aryl methyl sites for hydroxylation is 1. The minimum atomic E-state index is -4.54. The minimum Gasteiger partial charge on any atom is -0.497 e. The smallest absolute Gasteiger partial charge is 0.416 e. The number of carbonyl (C=O) groups is 1. The maximum absolute atomic E-state index is 13.0. The second-order valence-electron chi connectivity index (χ2n) is 8.40. The number of alkyl halides is 3. The van der Waals surface area contributed by atoms with Crippen LogP contribution in [-0.4, -0.2) is 32.8 Å². The number of hydrogen-bond donors (Lipinski definition) is 2. The topological polar surface area (TPSA) is 94.0 Å². The number of halogens is 3. The van der Waals surface area contributed by atoms with Crippen LogP contribution in [0.25, 0.3) is 16.7 Å². The summed E-state index contributed by atoms with van der Waals surface area (Å²) in [5.41, 5.74) is 2.29. The molecule has 2 heterocycles. The fourth-order valence-electron chi connectivity index (χ4n) is 3.86. The molecule has 2 aromatic heterocycles. The predicted octanol–water partition coefficient (Wildman–Crippen LogP) is 6.15. The van der Waals surface area contributed by atoms with Gasteiger partial charge < -0.3 is 15.4 Å². The highest BCUT2D eigenvalue weighted by Crippen LogP contribution is 2.31. The lowest BCUT2D eigenvalue weighted by Crippen LogP contribution is -2.14. The molecule has 5 aromatic rings. The van der Waals surface area contributed by atoms with E-state index in [0.29, 0.717) is 28.2 Å². The van der Waals surface area contributed by atoms with Crippen LogP contribution in [0, 0.1) is 6.92 Å². The lowest BCUT2D eigenvalue weighted by Gasteiger charge is -2.13. The van der Waals surface area contributed by atoms with Crippen LogP contribution in [0.2, 0.25) is 0 Å². The number of ether oxygens (including phenoxy) is 1. The molecule has 0 radical (unpaired) electrons. The van der Waals surface area contributed by atoms with Crippen LogP contribution in [0.3, 0.4) is 0 Å². The third-order valence-corrected chi connectivity index (χ3v) is 5.88. The molecule has 0 spiro atoms. The molecule has 5 rings (SSSR count). The Labute approximate surface area is 215 Å². The Morgan fingerprint density at radius 2 is 1.79 bits per heavy atom. The standard InChI is InChI=1S/C27H21F3N6O2/c1-16-6-7-19(34-26(37)17-4-3-5-18(12-17)27(28,29)30)13-23(16)35-24-22-14-33-36(25(22)32-15-31-24)20-8-10-21(38-2)11-9-20/h3-15H,1-2H3,(H,34,37)(H,31,32,35). The summed E-state index contributed by atoms with van der Waals surface area (Å²) < 4.78 is 46.0. The van der Waals surface area contributed by atoms with Crippen LogP contribution in [0.15, 0.2) is 79.3 Å². The Balaban J connectivity index is 1.40. The van der Waals surface area contributed by atoms with Gasteiger partial charge >= 0.3 is 6.18 Å². The third kappa shape index (κ3) is 4.99. The van der Waals surface area contributed by atoms with Gasteiger partial charge in [0.2, 0.25) is 0 Å². The number of fused-ring (bicyclic) bond motifs is 1. The third-order valence-electron chi connectivity index (χ3n) is 5.88. The van der Waals surface area contributed by atoms with E-state index >= 15 is 0 Å². The summed E-state index contributed by atoms with van der Waals surface area (Å²) in [5.74, 6) is 0.563. The highest BCUT2D eigenvalue weighted by molar-refractivity contribution is 6.04. The number of anilines is 3. The quantitative estimate of drug-likeness (QED) is 0.280. The van der Waals surface area contributed by atoms with Crippen LogP contribution in [0.4, 0.5) is 30.4 Å². The van der Waals surface area contributed by atoms with Gasteiger partial charge in [0.05, 0.1) is 29.9 Å². The number of methoxy groups -OCH3 is 1. The van der Waals surface area contributed by atoms with Gasteiger partial charge in [0.15, 0.2) is 5.65 Å². The highest BCUT2D eigenvalue weighted by Gasteiger charge is 2.30. The van der Waals surface area contributed by atoms with Gasteiger partial charge in [-0.15, -0.1) is 0 Å². The predicted molar refractivity (Wildman–Crippen MR) is 137 cm³/mol. The Kier molecular flexibility index (Phi) is 6.41. The van der Waals surface area contributed by atoms with Gasteiger partial charge in [0.1, 0.15) is 17.9 Å². The van der Waals surface area contributed by atoms with Crippen molar-refractivity contribution in [3.05, 3.63) is 95.9 Å². The van der Waals surface area contributed by atoms with Gasteiger partial charge in [-0.25, -0.2) is 14.6 Å². The molecule has 0 aliphatic rings. The van der Waals surface area contributed by atoms with Gasteiger partial charge in [-0.05, 0) is 67.1 Å². The number of hydrogen-bond acceptors (Lipinski definition) is 6. The molecule has 0 saturated heterocycles. The molecule has 1 amide bonds. The Morgan fingerprint density at radius 3 is 2.53 bits per heavy atom. The largest absolute Gasteiger partial charge is 0.497 e. The first-order valence-electron chi connectivity index (χ1n) is 11.4. The summed E-state index contributed by atoms with van der Waals surface area (Å²) in [5, 5.41) is 11.0. The number of carbonyl (C=O) groups excluding carboxylic acids is 1. The van der Waals surface area contributed by atoms with E-state index in [1.54, 1.807) is 36.2 Å². The molecule has 0 bridgehead atoms. The van der Waals surface area contributed by atoms with Crippen LogP contribution in [0.1, 0.15) is 21.5 Å². The summed E-state index contributed by atoms with van der Waals surface area (Å²) in [6.45, 7) is 1.87. The molecule has 0 saturated carbocycles. The molecule has 3 aromatic carbocycles. The van der Waals surface area contributed by atoms with Crippen molar-refractivity contribution >= 4 is 34.1 Å². The molecule has 8 nitrogen and oxygen atoms in total. The summed E-state index contributed by atoms with van der Waals surface area (Å²) in [6, 6.07) is 16.8. The summed E-state index contributed by atoms with van der Waals surface area (Å²) >= 11 is 0. The van der Waals surface area contributed by atoms with E-state index in [-0.39, 0.29) is 5.56 Å². The molecule has 0 fully saturated rings. The average molecular weight is 518 g/mol. The zero-order chi connectivity index (χ0) is 26.9. The van der Waals surface area contributed by atoms with E-state index in [1.165, 1.54) is 18.5 Å². The van der Waals surface area contributed by atoms with Gasteiger partial charge in [0, 0.05) is 16.9 Å². The van der Waals surface area contributed by atoms with E-state index in [0.717, 1.165) is 29.1 Å². The maximum atomic E-state index is 13.0. The summed E-state index contributed by atoms with van der Waals surface area (Å²) in [7, 11) is 1.59. The lowest BCUT2D eigenvalue weighted by atomic mass is 10.1. The van der Waals surface area contributed by atoms with Crippen LogP contribution >= 0.6 is 0 Å². The highest BCUT2D eigenvalue weighted by atomic mass is 19.4. The molecule has 0 unspecified atom stereocenters. The molecular weight excluding hydrogens is 497 g/mol. The van der Waals surface area contributed by atoms with Crippen LogP contribution in [-0.2, 0) is 6.18 Å². The lowest BCUT2D eigenvalue weighted by molar-refractivity contribution is -0.137. The molecule has 38 heavy (non-hydrogen) atoms. The fourth-order valence-corrected chi connectivity index (χ4v) is 3.86. The first kappa shape index (κ1) is 24.8. The average Bonchev–Trinajstić information content (AvgIpc) is 3.35. The van der Waals surface area contributed by atoms with Crippen molar-refractivity contribution in [2.24, 2.45) is 0 Å². The summed E-state index contributed by atoms with van der Waals surface area (Å²) in [6.07, 6.45) is -1.47. The monoisotopic (exact) mass is 518 g/mol. The summed E-state index contributed by atoms with van der Waals surface area (Å²) in [4.78, 5) is 21.4. The van der Waals surface area contributed by atoms with E-state index < -0.39 is 17.6 Å². The van der Waals surface area contributed by atoms with Crippen LogP contribution < -0.4 is 15.4 Å². The van der Waals surface area contributed by atoms with Crippen LogP contribution in [0.5, 0.6) is 5.75 Å². The van der Waals surface area contributed by atoms with Crippen molar-refractivity contribution in [1.82, 2.24) is 19.7 Å².